The maximum atomic E-state index is 14.1. The van der Waals surface area contributed by atoms with Crippen LogP contribution in [0.3, 0.4) is 0 Å². The fourth-order valence-electron chi connectivity index (χ4n) is 7.01. The summed E-state index contributed by atoms with van der Waals surface area (Å²) < 4.78 is 0. The Morgan fingerprint density at radius 1 is 0.757 bits per heavy atom. The molecule has 0 aliphatic carbocycles. The van der Waals surface area contributed by atoms with E-state index in [0.717, 1.165) is 0 Å². The fourth-order valence-corrected chi connectivity index (χ4v) is 7.48. The normalized spacial score (nSPS) is 16.5. The van der Waals surface area contributed by atoms with Crippen LogP contribution < -0.4 is 77.4 Å². The molecule has 1 rings (SSSR count). The van der Waals surface area contributed by atoms with Crippen molar-refractivity contribution in [3.05, 3.63) is 11.8 Å². The van der Waals surface area contributed by atoms with Gasteiger partial charge in [0.05, 0.1) is 18.7 Å². The first kappa shape index (κ1) is 62.4. The van der Waals surface area contributed by atoms with Gasteiger partial charge in [-0.2, -0.15) is 11.8 Å². The SMILES string of the molecule is CSCC[C@H](NC(=O)[C@@H]1CCCN1C(=O)[C@@H](CCCN)NC(=O)CNC(=O)[C@H](C)NC(=O)[C@@H](NC(=O)C(N)CCCCN)[C@@H](O)CN)C(=O)N[C@@H](CCCCN)C(=O)N/C(=C\CCN=C(N)N)C(=O)O. The minimum Gasteiger partial charge on any atom is -0.477 e. The average molecular weight is 1020 g/mol. The number of hydrogen-bond acceptors (Lipinski definition) is 17. The summed E-state index contributed by atoms with van der Waals surface area (Å²) in [6.07, 6.45) is 5.13. The number of aliphatic hydroxyl groups excluding tert-OH is 1. The number of carboxylic acid groups (broad SMARTS) is 1. The third-order valence-electron chi connectivity index (χ3n) is 10.9. The van der Waals surface area contributed by atoms with E-state index in [4.69, 9.17) is 40.1 Å². The second-order valence-corrected chi connectivity index (χ2v) is 17.6. The largest absolute Gasteiger partial charge is 0.477 e. The smallest absolute Gasteiger partial charge is 0.352 e. The van der Waals surface area contributed by atoms with Gasteiger partial charge in [-0.25, -0.2) is 4.79 Å². The van der Waals surface area contributed by atoms with Crippen molar-refractivity contribution in [1.29, 1.82) is 0 Å². The van der Waals surface area contributed by atoms with Crippen LogP contribution in [0.5, 0.6) is 0 Å². The van der Waals surface area contributed by atoms with Crippen LogP contribution in [0, 0.1) is 0 Å². The summed E-state index contributed by atoms with van der Waals surface area (Å²) in [6.45, 7) is 1.30. The molecule has 1 fully saturated rings. The summed E-state index contributed by atoms with van der Waals surface area (Å²) in [6, 6.07) is -8.46. The van der Waals surface area contributed by atoms with Crippen molar-refractivity contribution in [2.45, 2.75) is 132 Å². The lowest BCUT2D eigenvalue weighted by atomic mass is 10.1. The third-order valence-corrected chi connectivity index (χ3v) is 11.6. The first-order valence-electron chi connectivity index (χ1n) is 23.4. The van der Waals surface area contributed by atoms with Crippen molar-refractivity contribution in [3.8, 4) is 0 Å². The Kier molecular flexibility index (Phi) is 30.8. The van der Waals surface area contributed by atoms with Crippen LogP contribution in [-0.2, 0) is 43.2 Å². The number of carbonyl (C=O) groups excluding carboxylic acids is 8. The van der Waals surface area contributed by atoms with E-state index in [2.05, 4.69) is 42.2 Å². The predicted molar refractivity (Wildman–Crippen MR) is 262 cm³/mol. The Morgan fingerprint density at radius 3 is 1.99 bits per heavy atom. The summed E-state index contributed by atoms with van der Waals surface area (Å²) >= 11 is 1.40. The quantitative estimate of drug-likeness (QED) is 0.0122. The summed E-state index contributed by atoms with van der Waals surface area (Å²) in [5, 5.41) is 37.5. The van der Waals surface area contributed by atoms with Crippen LogP contribution in [0.1, 0.15) is 84.0 Å². The summed E-state index contributed by atoms with van der Waals surface area (Å²) in [5.74, 6) is -7.31. The molecule has 1 aliphatic rings. The molecule has 23 N–H and O–H groups in total. The molecule has 8 atom stereocenters. The minimum atomic E-state index is -1.55. The molecular formula is C42H78N16O11S. The van der Waals surface area contributed by atoms with Crippen molar-refractivity contribution >= 4 is 70.9 Å². The van der Waals surface area contributed by atoms with Gasteiger partial charge in [0.2, 0.25) is 47.3 Å². The number of aliphatic carboxylic acids is 1. The third kappa shape index (κ3) is 23.3. The van der Waals surface area contributed by atoms with E-state index < -0.39 is 120 Å². The molecule has 0 aromatic rings. The molecule has 0 aromatic carbocycles. The predicted octanol–water partition coefficient (Wildman–Crippen LogP) is -6.32. The highest BCUT2D eigenvalue weighted by Crippen LogP contribution is 2.20. The number of nitrogens with one attached hydrogen (secondary N) is 7. The second kappa shape index (κ2) is 34.6. The Balaban J connectivity index is 3.11. The molecule has 1 saturated heterocycles. The van der Waals surface area contributed by atoms with Gasteiger partial charge in [0.25, 0.3) is 0 Å². The van der Waals surface area contributed by atoms with E-state index in [1.807, 2.05) is 0 Å². The van der Waals surface area contributed by atoms with Gasteiger partial charge >= 0.3 is 5.97 Å². The van der Waals surface area contributed by atoms with Gasteiger partial charge in [-0.05, 0) is 109 Å². The monoisotopic (exact) mass is 1010 g/mol. The molecule has 1 unspecified atom stereocenters. The Labute approximate surface area is 412 Å². The molecule has 0 bridgehead atoms. The number of carbonyl (C=O) groups is 9. The maximum Gasteiger partial charge on any atom is 0.352 e. The van der Waals surface area contributed by atoms with Gasteiger partial charge < -0.3 is 92.5 Å². The first-order valence-corrected chi connectivity index (χ1v) is 24.8. The lowest BCUT2D eigenvalue weighted by molar-refractivity contribution is -0.142. The number of nitrogens with two attached hydrogens (primary N) is 7. The van der Waals surface area contributed by atoms with Crippen molar-refractivity contribution in [2.75, 3.05) is 57.8 Å². The maximum absolute atomic E-state index is 14.1. The Morgan fingerprint density at radius 2 is 1.39 bits per heavy atom. The molecule has 0 saturated carbocycles. The number of thioether (sulfide) groups is 1. The number of unbranched alkanes of at least 4 members (excludes halogenated alkanes) is 2. The number of hydrogen-bond donors (Lipinski definition) is 16. The topological polar surface area (TPSA) is 476 Å². The number of guanidine groups is 1. The minimum absolute atomic E-state index is 0.0582. The van der Waals surface area contributed by atoms with Crippen molar-refractivity contribution in [1.82, 2.24) is 42.1 Å². The summed E-state index contributed by atoms with van der Waals surface area (Å²) in [7, 11) is 0. The van der Waals surface area contributed by atoms with Crippen LogP contribution >= 0.6 is 11.8 Å². The van der Waals surface area contributed by atoms with E-state index >= 15 is 0 Å². The second-order valence-electron chi connectivity index (χ2n) is 16.6. The van der Waals surface area contributed by atoms with Crippen molar-refractivity contribution in [2.24, 2.45) is 45.1 Å². The zero-order chi connectivity index (χ0) is 52.8. The molecule has 398 valence electrons. The highest BCUT2D eigenvalue weighted by atomic mass is 32.2. The van der Waals surface area contributed by atoms with E-state index in [-0.39, 0.29) is 64.1 Å². The van der Waals surface area contributed by atoms with Crippen LogP contribution in [0.15, 0.2) is 16.8 Å². The molecule has 70 heavy (non-hydrogen) atoms. The summed E-state index contributed by atoms with van der Waals surface area (Å²) in [5.41, 5.74) is 38.5. The van der Waals surface area contributed by atoms with E-state index in [1.54, 1.807) is 6.26 Å². The van der Waals surface area contributed by atoms with Crippen LogP contribution in [0.2, 0.25) is 0 Å². The van der Waals surface area contributed by atoms with Gasteiger partial charge in [0.15, 0.2) is 5.96 Å². The standard InChI is InChI=1S/C42H78N16O11S/c1-24(52-39(66)33(31(59)22-46)57-35(62)25(47)10-3-5-16-43)34(61)51-23-32(60)53-28(12-7-18-45)40(67)58-20-9-14-30(58)38(65)55-27(15-21-70-2)37(64)54-26(11-4-6-17-44)36(63)56-29(41(68)69)13-8-19-50-42(48)49/h13,24-28,30-31,33,59H,3-12,14-23,43-47H2,1-2H3,(H,51,61)(H,52,66)(H,53,60)(H,54,64)(H,55,65)(H,56,63)(H,57,62)(H,68,69)(H4,48,49,50)/b29-13-/t24-,25?,26-,27-,28+,30-,31-,33-/m0/s1. The first-order chi connectivity index (χ1) is 33.3. The average Bonchev–Trinajstić information content (AvgIpc) is 3.82. The molecule has 1 aliphatic heterocycles. The Hall–Kier alpha value is -5.65. The molecule has 0 radical (unpaired) electrons. The van der Waals surface area contributed by atoms with Crippen LogP contribution in [0.25, 0.3) is 0 Å². The number of likely N-dealkylation sites (tertiary alicyclic amines) is 1. The highest BCUT2D eigenvalue weighted by molar-refractivity contribution is 7.98. The van der Waals surface area contributed by atoms with E-state index in [1.165, 1.54) is 29.7 Å². The lowest BCUT2D eigenvalue weighted by Gasteiger charge is -2.30. The molecule has 27 nitrogen and oxygen atoms in total. The van der Waals surface area contributed by atoms with Gasteiger partial charge in [-0.3, -0.25) is 43.3 Å². The molecule has 28 heteroatoms. The van der Waals surface area contributed by atoms with Gasteiger partial charge in [0, 0.05) is 19.6 Å². The van der Waals surface area contributed by atoms with Crippen molar-refractivity contribution < 1.29 is 53.4 Å². The van der Waals surface area contributed by atoms with Gasteiger partial charge in [-0.15, -0.1) is 0 Å². The Bertz CT molecular complexity index is 1790. The van der Waals surface area contributed by atoms with E-state index in [0.29, 0.717) is 57.4 Å². The molecule has 0 aromatic heterocycles. The fraction of sp³-hybridized carbons (Fsp3) is 0.714. The van der Waals surface area contributed by atoms with Crippen LogP contribution in [-0.4, -0.2) is 181 Å². The molecule has 1 heterocycles. The molecular weight excluding hydrogens is 937 g/mol. The number of rotatable bonds is 35. The number of aliphatic imine (C=N–C) groups is 1. The highest BCUT2D eigenvalue weighted by Gasteiger charge is 2.39. The number of aliphatic hydroxyl groups is 1. The van der Waals surface area contributed by atoms with Crippen LogP contribution in [0.4, 0.5) is 0 Å². The van der Waals surface area contributed by atoms with Crippen molar-refractivity contribution in [3.63, 3.8) is 0 Å². The van der Waals surface area contributed by atoms with Gasteiger partial charge in [-0.1, -0.05) is 12.5 Å². The number of carboxylic acids is 1. The number of amides is 8. The van der Waals surface area contributed by atoms with E-state index in [9.17, 15) is 53.4 Å². The van der Waals surface area contributed by atoms with Gasteiger partial charge in [0.1, 0.15) is 41.9 Å². The molecule has 8 amide bonds. The number of nitrogens with zero attached hydrogens (tertiary/aromatic N) is 2. The molecule has 0 spiro atoms. The summed E-state index contributed by atoms with van der Waals surface area (Å²) in [4.78, 5) is 124. The lowest BCUT2D eigenvalue weighted by Crippen LogP contribution is -2.60. The zero-order valence-electron chi connectivity index (χ0n) is 40.3. The zero-order valence-corrected chi connectivity index (χ0v) is 41.1.